The third kappa shape index (κ3) is 3.79. The number of nitrogen functional groups attached to an aromatic ring is 1. The van der Waals surface area contributed by atoms with Crippen LogP contribution in [0.3, 0.4) is 0 Å². The van der Waals surface area contributed by atoms with Gasteiger partial charge in [0, 0.05) is 0 Å². The fourth-order valence-electron chi connectivity index (χ4n) is 2.22. The number of sulfone groups is 1. The van der Waals surface area contributed by atoms with E-state index in [1.807, 2.05) is 0 Å². The summed E-state index contributed by atoms with van der Waals surface area (Å²) in [6, 6.07) is 4.58. The van der Waals surface area contributed by atoms with Crippen molar-refractivity contribution < 1.29 is 21.6 Å². The second kappa shape index (κ2) is 5.72. The summed E-state index contributed by atoms with van der Waals surface area (Å²) >= 11 is 0. The van der Waals surface area contributed by atoms with Crippen molar-refractivity contribution in [2.24, 2.45) is 0 Å². The molecule has 1 aromatic carbocycles. The number of sulfonamides is 1. The molecule has 0 bridgehead atoms. The summed E-state index contributed by atoms with van der Waals surface area (Å²) in [5, 5.41) is -0.704. The van der Waals surface area contributed by atoms with Crippen LogP contribution in [0.25, 0.3) is 0 Å². The van der Waals surface area contributed by atoms with Gasteiger partial charge in [-0.2, -0.15) is 0 Å². The van der Waals surface area contributed by atoms with Gasteiger partial charge in [0.1, 0.15) is 15.6 Å². The minimum atomic E-state index is -3.63. The van der Waals surface area contributed by atoms with E-state index in [-0.39, 0.29) is 24.3 Å². The zero-order valence-electron chi connectivity index (χ0n) is 11.6. The summed E-state index contributed by atoms with van der Waals surface area (Å²) in [4.78, 5) is 0. The van der Waals surface area contributed by atoms with Gasteiger partial charge >= 0.3 is 0 Å². The monoisotopic (exact) mass is 334 g/mol. The zero-order chi connectivity index (χ0) is 15.7. The fourth-order valence-corrected chi connectivity index (χ4v) is 5.49. The molecule has 0 amide bonds. The Morgan fingerprint density at radius 2 is 1.90 bits per heavy atom. The van der Waals surface area contributed by atoms with Crippen molar-refractivity contribution in [3.8, 4) is 5.75 Å². The van der Waals surface area contributed by atoms with Crippen molar-refractivity contribution in [3.63, 3.8) is 0 Å². The van der Waals surface area contributed by atoms with E-state index in [0.29, 0.717) is 17.1 Å². The Labute approximate surface area is 124 Å². The van der Waals surface area contributed by atoms with Crippen LogP contribution in [-0.2, 0) is 19.9 Å². The standard InChI is InChI=1S/C12H18N2O5S2/c1-19-12-3-2-9(8-11(12)13)14-21(17,18)10-4-6-20(15,16)7-5-10/h2-3,8,10,14H,4-7,13H2,1H3. The molecule has 1 saturated heterocycles. The van der Waals surface area contributed by atoms with Crippen LogP contribution in [0.5, 0.6) is 5.75 Å². The van der Waals surface area contributed by atoms with Gasteiger partial charge in [0.25, 0.3) is 0 Å². The molecule has 118 valence electrons. The maximum absolute atomic E-state index is 12.3. The lowest BCUT2D eigenvalue weighted by atomic mass is 10.2. The van der Waals surface area contributed by atoms with Crippen molar-refractivity contribution in [3.05, 3.63) is 18.2 Å². The van der Waals surface area contributed by atoms with Crippen molar-refractivity contribution >= 4 is 31.2 Å². The molecule has 1 aliphatic rings. The molecule has 0 aliphatic carbocycles. The lowest BCUT2D eigenvalue weighted by molar-refractivity contribution is 0.417. The third-order valence-corrected chi connectivity index (χ3v) is 7.02. The molecule has 0 atom stereocenters. The molecule has 3 N–H and O–H groups in total. The summed E-state index contributed by atoms with van der Waals surface area (Å²) in [5.74, 6) is 0.272. The predicted octanol–water partition coefficient (Wildman–Crippen LogP) is 0.596. The first-order valence-corrected chi connectivity index (χ1v) is 9.76. The molecular formula is C12H18N2O5S2. The van der Waals surface area contributed by atoms with Gasteiger partial charge in [-0.05, 0) is 31.0 Å². The minimum Gasteiger partial charge on any atom is -0.495 e. The van der Waals surface area contributed by atoms with Crippen LogP contribution in [0.15, 0.2) is 18.2 Å². The number of methoxy groups -OCH3 is 1. The fraction of sp³-hybridized carbons (Fsp3) is 0.500. The molecule has 0 spiro atoms. The predicted molar refractivity (Wildman–Crippen MR) is 81.6 cm³/mol. The SMILES string of the molecule is COc1ccc(NS(=O)(=O)C2CCS(=O)(=O)CC2)cc1N. The van der Waals surface area contributed by atoms with E-state index in [1.54, 1.807) is 12.1 Å². The average Bonchev–Trinajstić information content (AvgIpc) is 2.38. The van der Waals surface area contributed by atoms with Crippen LogP contribution in [0.2, 0.25) is 0 Å². The highest BCUT2D eigenvalue weighted by atomic mass is 32.2. The molecule has 21 heavy (non-hydrogen) atoms. The molecule has 0 radical (unpaired) electrons. The number of rotatable bonds is 4. The van der Waals surface area contributed by atoms with Crippen molar-refractivity contribution in [2.75, 3.05) is 29.1 Å². The average molecular weight is 334 g/mol. The smallest absolute Gasteiger partial charge is 0.235 e. The van der Waals surface area contributed by atoms with Crippen LogP contribution in [0.4, 0.5) is 11.4 Å². The molecule has 0 saturated carbocycles. The maximum atomic E-state index is 12.3. The van der Waals surface area contributed by atoms with E-state index in [9.17, 15) is 16.8 Å². The summed E-state index contributed by atoms with van der Waals surface area (Å²) < 4.78 is 54.7. The van der Waals surface area contributed by atoms with Crippen molar-refractivity contribution in [1.82, 2.24) is 0 Å². The summed E-state index contributed by atoms with van der Waals surface area (Å²) in [6.07, 6.45) is 0.229. The van der Waals surface area contributed by atoms with E-state index in [1.165, 1.54) is 13.2 Å². The number of nitrogens with one attached hydrogen (secondary N) is 1. The van der Waals surface area contributed by atoms with Gasteiger partial charge < -0.3 is 10.5 Å². The van der Waals surface area contributed by atoms with Gasteiger partial charge in [-0.25, -0.2) is 16.8 Å². The van der Waals surface area contributed by atoms with E-state index in [0.717, 1.165) is 0 Å². The van der Waals surface area contributed by atoms with Crippen molar-refractivity contribution in [2.45, 2.75) is 18.1 Å². The van der Waals surface area contributed by atoms with E-state index in [2.05, 4.69) is 4.72 Å². The number of ether oxygens (including phenoxy) is 1. The second-order valence-electron chi connectivity index (χ2n) is 4.95. The second-order valence-corrected chi connectivity index (χ2v) is 9.22. The topological polar surface area (TPSA) is 116 Å². The van der Waals surface area contributed by atoms with Crippen LogP contribution in [0, 0.1) is 0 Å². The Hall–Kier alpha value is -1.48. The molecular weight excluding hydrogens is 316 g/mol. The van der Waals surface area contributed by atoms with Crippen LogP contribution in [-0.4, -0.2) is 40.7 Å². The maximum Gasteiger partial charge on any atom is 0.235 e. The summed E-state index contributed by atoms with van der Waals surface area (Å²) in [5.41, 5.74) is 6.38. The first-order chi connectivity index (χ1) is 9.73. The van der Waals surface area contributed by atoms with Gasteiger partial charge in [-0.15, -0.1) is 0 Å². The van der Waals surface area contributed by atoms with Gasteiger partial charge in [0.15, 0.2) is 0 Å². The molecule has 0 aromatic heterocycles. The number of anilines is 2. The molecule has 1 aliphatic heterocycles. The van der Waals surface area contributed by atoms with Gasteiger partial charge in [0.2, 0.25) is 10.0 Å². The van der Waals surface area contributed by atoms with E-state index >= 15 is 0 Å². The summed E-state index contributed by atoms with van der Waals surface area (Å²) in [7, 11) is -5.26. The number of hydrogen-bond donors (Lipinski definition) is 2. The minimum absolute atomic E-state index is 0.0939. The molecule has 9 heteroatoms. The molecule has 7 nitrogen and oxygen atoms in total. The van der Waals surface area contributed by atoms with Gasteiger partial charge in [-0.3, -0.25) is 4.72 Å². The van der Waals surface area contributed by atoms with Crippen molar-refractivity contribution in [1.29, 1.82) is 0 Å². The summed E-state index contributed by atoms with van der Waals surface area (Å²) in [6.45, 7) is 0. The van der Waals surface area contributed by atoms with E-state index < -0.39 is 25.1 Å². The Bertz CT molecular complexity index is 714. The number of nitrogens with two attached hydrogens (primary N) is 1. The Kier molecular flexibility index (Phi) is 4.33. The highest BCUT2D eigenvalue weighted by Crippen LogP contribution is 2.27. The van der Waals surface area contributed by atoms with Gasteiger partial charge in [-0.1, -0.05) is 0 Å². The third-order valence-electron chi connectivity index (χ3n) is 3.43. The molecule has 1 aromatic rings. The van der Waals surface area contributed by atoms with Gasteiger partial charge in [0.05, 0.1) is 35.2 Å². The lowest BCUT2D eigenvalue weighted by Crippen LogP contribution is -2.36. The zero-order valence-corrected chi connectivity index (χ0v) is 13.2. The highest BCUT2D eigenvalue weighted by molar-refractivity contribution is 7.94. The van der Waals surface area contributed by atoms with Crippen LogP contribution in [0.1, 0.15) is 12.8 Å². The molecule has 2 rings (SSSR count). The first-order valence-electron chi connectivity index (χ1n) is 6.39. The normalized spacial score (nSPS) is 19.1. The number of benzene rings is 1. The number of hydrogen-bond acceptors (Lipinski definition) is 6. The Morgan fingerprint density at radius 1 is 1.29 bits per heavy atom. The first kappa shape index (κ1) is 15.9. The highest BCUT2D eigenvalue weighted by Gasteiger charge is 2.32. The molecule has 1 fully saturated rings. The Balaban J connectivity index is 2.13. The Morgan fingerprint density at radius 3 is 2.43 bits per heavy atom. The quantitative estimate of drug-likeness (QED) is 0.779. The van der Waals surface area contributed by atoms with Crippen LogP contribution < -0.4 is 15.2 Å². The van der Waals surface area contributed by atoms with Crippen LogP contribution >= 0.6 is 0 Å². The molecule has 0 unspecified atom stereocenters. The lowest BCUT2D eigenvalue weighted by Gasteiger charge is -2.22. The largest absolute Gasteiger partial charge is 0.495 e. The van der Waals surface area contributed by atoms with E-state index in [4.69, 9.17) is 10.5 Å². The molecule has 1 heterocycles.